The Kier molecular flexibility index (Phi) is 1.31. The lowest BCUT2D eigenvalue weighted by Gasteiger charge is -2.24. The van der Waals surface area contributed by atoms with Crippen molar-refractivity contribution in [1.82, 2.24) is 0 Å². The van der Waals surface area contributed by atoms with Crippen molar-refractivity contribution in [2.24, 2.45) is 17.6 Å². The second kappa shape index (κ2) is 1.97. The summed E-state index contributed by atoms with van der Waals surface area (Å²) in [5.74, 6) is 1.78. The van der Waals surface area contributed by atoms with Crippen LogP contribution in [0.15, 0.2) is 0 Å². The van der Waals surface area contributed by atoms with Crippen molar-refractivity contribution in [3.8, 4) is 0 Å². The van der Waals surface area contributed by atoms with Gasteiger partial charge in [-0.25, -0.2) is 0 Å². The van der Waals surface area contributed by atoms with E-state index in [-0.39, 0.29) is 5.54 Å². The molecule has 58 valence electrons. The van der Waals surface area contributed by atoms with Gasteiger partial charge < -0.3 is 5.73 Å². The summed E-state index contributed by atoms with van der Waals surface area (Å²) in [6.07, 6.45) is 6.74. The van der Waals surface area contributed by atoms with Crippen LogP contribution in [0.5, 0.6) is 0 Å². The van der Waals surface area contributed by atoms with Crippen molar-refractivity contribution in [1.29, 1.82) is 0 Å². The zero-order chi connectivity index (χ0) is 7.19. The highest BCUT2D eigenvalue weighted by Crippen LogP contribution is 2.48. The molecule has 0 aliphatic heterocycles. The van der Waals surface area contributed by atoms with Crippen LogP contribution in [0.25, 0.3) is 0 Å². The standard InChI is InChI=1S/C9H17N/c1-7-4-6-9(10)5-2-3-8(7)9/h7-8H,2-6,10H2,1H3. The molecule has 2 saturated carbocycles. The molecule has 1 nitrogen and oxygen atoms in total. The molecule has 2 aliphatic rings. The minimum Gasteiger partial charge on any atom is -0.325 e. The lowest BCUT2D eigenvalue weighted by Crippen LogP contribution is -2.40. The first-order chi connectivity index (χ1) is 4.72. The highest BCUT2D eigenvalue weighted by Gasteiger charge is 2.46. The van der Waals surface area contributed by atoms with Gasteiger partial charge in [0, 0.05) is 5.54 Å². The van der Waals surface area contributed by atoms with E-state index in [1.807, 2.05) is 0 Å². The first kappa shape index (κ1) is 6.66. The van der Waals surface area contributed by atoms with Crippen LogP contribution in [0.1, 0.15) is 39.0 Å². The summed E-state index contributed by atoms with van der Waals surface area (Å²) in [6, 6.07) is 0. The molecule has 2 N–H and O–H groups in total. The Labute approximate surface area is 63.0 Å². The van der Waals surface area contributed by atoms with Crippen LogP contribution < -0.4 is 5.73 Å². The fraction of sp³-hybridized carbons (Fsp3) is 1.00. The van der Waals surface area contributed by atoms with E-state index in [0.29, 0.717) is 0 Å². The van der Waals surface area contributed by atoms with Gasteiger partial charge in [-0.15, -0.1) is 0 Å². The predicted molar refractivity (Wildman–Crippen MR) is 42.7 cm³/mol. The Balaban J connectivity index is 2.19. The maximum Gasteiger partial charge on any atom is 0.0185 e. The molecule has 3 unspecified atom stereocenters. The van der Waals surface area contributed by atoms with E-state index in [0.717, 1.165) is 11.8 Å². The summed E-state index contributed by atoms with van der Waals surface area (Å²) in [7, 11) is 0. The van der Waals surface area contributed by atoms with Crippen molar-refractivity contribution in [3.05, 3.63) is 0 Å². The monoisotopic (exact) mass is 139 g/mol. The Morgan fingerprint density at radius 1 is 1.30 bits per heavy atom. The van der Waals surface area contributed by atoms with Crippen molar-refractivity contribution >= 4 is 0 Å². The molecule has 2 aliphatic carbocycles. The lowest BCUT2D eigenvalue weighted by molar-refractivity contribution is 0.324. The lowest BCUT2D eigenvalue weighted by atomic mass is 9.88. The molecule has 2 fully saturated rings. The summed E-state index contributed by atoms with van der Waals surface area (Å²) in [4.78, 5) is 0. The van der Waals surface area contributed by atoms with Crippen LogP contribution in [0.4, 0.5) is 0 Å². The largest absolute Gasteiger partial charge is 0.325 e. The van der Waals surface area contributed by atoms with E-state index in [1.54, 1.807) is 0 Å². The van der Waals surface area contributed by atoms with Crippen molar-refractivity contribution < 1.29 is 0 Å². The van der Waals surface area contributed by atoms with E-state index < -0.39 is 0 Å². The van der Waals surface area contributed by atoms with Gasteiger partial charge in [-0.05, 0) is 37.5 Å². The van der Waals surface area contributed by atoms with Crippen LogP contribution in [0, 0.1) is 11.8 Å². The fourth-order valence-electron chi connectivity index (χ4n) is 2.98. The second-order valence-corrected chi connectivity index (χ2v) is 4.25. The Bertz CT molecular complexity index is 144. The highest BCUT2D eigenvalue weighted by molar-refractivity contribution is 5.03. The van der Waals surface area contributed by atoms with Gasteiger partial charge in [0.25, 0.3) is 0 Å². The average Bonchev–Trinajstić information content (AvgIpc) is 2.35. The summed E-state index contributed by atoms with van der Waals surface area (Å²) >= 11 is 0. The molecule has 3 atom stereocenters. The number of fused-ring (bicyclic) bond motifs is 1. The van der Waals surface area contributed by atoms with E-state index in [9.17, 15) is 0 Å². The smallest absolute Gasteiger partial charge is 0.0185 e. The third-order valence-corrected chi connectivity index (χ3v) is 3.65. The van der Waals surface area contributed by atoms with Crippen molar-refractivity contribution in [2.75, 3.05) is 0 Å². The molecule has 0 saturated heterocycles. The number of nitrogens with two attached hydrogens (primary N) is 1. The molecule has 0 amide bonds. The Morgan fingerprint density at radius 2 is 2.10 bits per heavy atom. The molecule has 10 heavy (non-hydrogen) atoms. The molecule has 1 heteroatoms. The van der Waals surface area contributed by atoms with Crippen molar-refractivity contribution in [3.63, 3.8) is 0 Å². The van der Waals surface area contributed by atoms with Crippen LogP contribution in [-0.4, -0.2) is 5.54 Å². The number of hydrogen-bond donors (Lipinski definition) is 1. The molecule has 0 radical (unpaired) electrons. The number of hydrogen-bond acceptors (Lipinski definition) is 1. The van der Waals surface area contributed by atoms with Gasteiger partial charge in [-0.1, -0.05) is 13.3 Å². The van der Waals surface area contributed by atoms with E-state index in [1.165, 1.54) is 32.1 Å². The van der Waals surface area contributed by atoms with Gasteiger partial charge in [0.05, 0.1) is 0 Å². The number of rotatable bonds is 0. The summed E-state index contributed by atoms with van der Waals surface area (Å²) in [5.41, 5.74) is 6.53. The summed E-state index contributed by atoms with van der Waals surface area (Å²) < 4.78 is 0. The first-order valence-electron chi connectivity index (χ1n) is 4.51. The third-order valence-electron chi connectivity index (χ3n) is 3.65. The SMILES string of the molecule is CC1CCC2(N)CCCC12. The van der Waals surface area contributed by atoms with Gasteiger partial charge >= 0.3 is 0 Å². The highest BCUT2D eigenvalue weighted by atomic mass is 14.8. The summed E-state index contributed by atoms with van der Waals surface area (Å²) in [5, 5.41) is 0. The zero-order valence-corrected chi connectivity index (χ0v) is 6.77. The Morgan fingerprint density at radius 3 is 2.80 bits per heavy atom. The van der Waals surface area contributed by atoms with Gasteiger partial charge in [-0.3, -0.25) is 0 Å². The average molecular weight is 139 g/mol. The van der Waals surface area contributed by atoms with Crippen LogP contribution in [-0.2, 0) is 0 Å². The third kappa shape index (κ3) is 0.731. The maximum absolute atomic E-state index is 6.25. The molecule has 0 heterocycles. The predicted octanol–water partition coefficient (Wildman–Crippen LogP) is 1.91. The topological polar surface area (TPSA) is 26.0 Å². The van der Waals surface area contributed by atoms with E-state index >= 15 is 0 Å². The van der Waals surface area contributed by atoms with Crippen LogP contribution in [0.2, 0.25) is 0 Å². The molecule has 0 aromatic carbocycles. The molecule has 0 bridgehead atoms. The molecule has 0 spiro atoms. The molecule has 2 rings (SSSR count). The minimum atomic E-state index is 0.277. The second-order valence-electron chi connectivity index (χ2n) is 4.25. The normalized spacial score (nSPS) is 53.4. The quantitative estimate of drug-likeness (QED) is 0.545. The van der Waals surface area contributed by atoms with Crippen molar-refractivity contribution in [2.45, 2.75) is 44.6 Å². The van der Waals surface area contributed by atoms with E-state index in [2.05, 4.69) is 6.92 Å². The Hall–Kier alpha value is -0.0400. The van der Waals surface area contributed by atoms with E-state index in [4.69, 9.17) is 5.73 Å². The summed E-state index contributed by atoms with van der Waals surface area (Å²) in [6.45, 7) is 2.37. The minimum absolute atomic E-state index is 0.277. The molecular weight excluding hydrogens is 122 g/mol. The van der Waals surface area contributed by atoms with Gasteiger partial charge in [0.2, 0.25) is 0 Å². The van der Waals surface area contributed by atoms with Crippen LogP contribution >= 0.6 is 0 Å². The molecular formula is C9H17N. The zero-order valence-electron chi connectivity index (χ0n) is 6.77. The fourth-order valence-corrected chi connectivity index (χ4v) is 2.98. The molecule has 0 aromatic rings. The van der Waals surface area contributed by atoms with Gasteiger partial charge in [0.15, 0.2) is 0 Å². The maximum atomic E-state index is 6.25. The first-order valence-corrected chi connectivity index (χ1v) is 4.51. The van der Waals surface area contributed by atoms with Crippen LogP contribution in [0.3, 0.4) is 0 Å². The van der Waals surface area contributed by atoms with Gasteiger partial charge in [-0.2, -0.15) is 0 Å². The van der Waals surface area contributed by atoms with Gasteiger partial charge in [0.1, 0.15) is 0 Å². The molecule has 0 aromatic heterocycles.